The molecule has 0 aromatic carbocycles. The Bertz CT molecular complexity index is 874. The fourth-order valence-electron chi connectivity index (χ4n) is 3.61. The van der Waals surface area contributed by atoms with Crippen LogP contribution < -0.4 is 11.1 Å². The number of nitrogens with one attached hydrogen (secondary N) is 1. The number of aryl methyl sites for hydroxylation is 1. The molecule has 1 aliphatic heterocycles. The highest BCUT2D eigenvalue weighted by Crippen LogP contribution is 2.35. The number of piperidine rings is 1. The van der Waals surface area contributed by atoms with Gasteiger partial charge in [-0.15, -0.1) is 0 Å². The summed E-state index contributed by atoms with van der Waals surface area (Å²) >= 11 is 0. The van der Waals surface area contributed by atoms with Gasteiger partial charge in [0.2, 0.25) is 5.95 Å². The number of nitrogens with zero attached hydrogens (tertiary/aromatic N) is 5. The van der Waals surface area contributed by atoms with Crippen molar-refractivity contribution >= 4 is 17.5 Å². The second-order valence-corrected chi connectivity index (χ2v) is 7.23. The normalized spacial score (nSPS) is 16.8. The highest BCUT2D eigenvalue weighted by molar-refractivity contribution is 5.58. The van der Waals surface area contributed by atoms with Crippen molar-refractivity contribution in [2.75, 3.05) is 30.7 Å². The van der Waals surface area contributed by atoms with Crippen LogP contribution >= 0.6 is 0 Å². The Labute approximate surface area is 168 Å². The van der Waals surface area contributed by atoms with Crippen LogP contribution in [0.4, 0.5) is 43.8 Å². The van der Waals surface area contributed by atoms with E-state index in [2.05, 4.69) is 20.4 Å². The maximum absolute atomic E-state index is 13.0. The number of likely N-dealkylation sites (tertiary alicyclic amines) is 1. The molecule has 0 unspecified atom stereocenters. The first-order valence-electron chi connectivity index (χ1n) is 9.16. The SMILES string of the molecule is Cc1nc(Nc2cnn(C3CCN(CC(F)(F)F)CC3)c2C)nc(N)c1C(F)(F)F. The van der Waals surface area contributed by atoms with Crippen molar-refractivity contribution in [1.82, 2.24) is 24.6 Å². The predicted octanol–water partition coefficient (Wildman–Crippen LogP) is 3.83. The summed E-state index contributed by atoms with van der Waals surface area (Å²) in [5, 5.41) is 7.10. The number of halogens is 6. The molecule has 0 amide bonds. The van der Waals surface area contributed by atoms with E-state index in [4.69, 9.17) is 5.73 Å². The number of anilines is 3. The summed E-state index contributed by atoms with van der Waals surface area (Å²) in [4.78, 5) is 8.88. The third kappa shape index (κ3) is 4.94. The predicted molar refractivity (Wildman–Crippen MR) is 97.2 cm³/mol. The second-order valence-electron chi connectivity index (χ2n) is 7.23. The lowest BCUT2D eigenvalue weighted by molar-refractivity contribution is -0.148. The molecule has 0 saturated carbocycles. The van der Waals surface area contributed by atoms with Crippen LogP contribution in [-0.4, -0.2) is 50.5 Å². The average Bonchev–Trinajstić information content (AvgIpc) is 2.93. The van der Waals surface area contributed by atoms with Crippen molar-refractivity contribution in [1.29, 1.82) is 0 Å². The minimum Gasteiger partial charge on any atom is -0.383 e. The van der Waals surface area contributed by atoms with Gasteiger partial charge in [-0.1, -0.05) is 0 Å². The molecule has 0 bridgehead atoms. The Balaban J connectivity index is 1.71. The molecule has 0 aliphatic carbocycles. The summed E-state index contributed by atoms with van der Waals surface area (Å²) in [5.74, 6) is -0.778. The van der Waals surface area contributed by atoms with E-state index in [1.54, 1.807) is 11.6 Å². The number of aromatic nitrogens is 4. The molecule has 2 aromatic rings. The third-order valence-corrected chi connectivity index (χ3v) is 5.00. The number of alkyl halides is 6. The van der Waals surface area contributed by atoms with Crippen molar-refractivity contribution in [2.24, 2.45) is 0 Å². The molecule has 2 aromatic heterocycles. The van der Waals surface area contributed by atoms with Crippen LogP contribution in [0.5, 0.6) is 0 Å². The Morgan fingerprint density at radius 3 is 2.27 bits per heavy atom. The molecule has 3 N–H and O–H groups in total. The van der Waals surface area contributed by atoms with Crippen LogP contribution in [0.15, 0.2) is 6.20 Å². The number of rotatable bonds is 4. The molecule has 7 nitrogen and oxygen atoms in total. The van der Waals surface area contributed by atoms with Crippen molar-refractivity contribution in [2.45, 2.75) is 45.1 Å². The van der Waals surface area contributed by atoms with E-state index in [1.807, 2.05) is 0 Å². The molecule has 166 valence electrons. The van der Waals surface area contributed by atoms with Crippen molar-refractivity contribution in [3.8, 4) is 0 Å². The van der Waals surface area contributed by atoms with Gasteiger partial charge in [0.15, 0.2) is 0 Å². The molecular formula is C17H21F6N7. The van der Waals surface area contributed by atoms with Crippen LogP contribution in [0.1, 0.15) is 35.8 Å². The minimum absolute atomic E-state index is 0.0784. The molecule has 0 atom stereocenters. The van der Waals surface area contributed by atoms with E-state index < -0.39 is 30.3 Å². The lowest BCUT2D eigenvalue weighted by atomic mass is 10.0. The van der Waals surface area contributed by atoms with Gasteiger partial charge in [-0.2, -0.15) is 36.4 Å². The Kier molecular flexibility index (Phi) is 5.85. The summed E-state index contributed by atoms with van der Waals surface area (Å²) < 4.78 is 78.3. The quantitative estimate of drug-likeness (QED) is 0.708. The van der Waals surface area contributed by atoms with Gasteiger partial charge in [-0.25, -0.2) is 4.98 Å². The van der Waals surface area contributed by atoms with Crippen molar-refractivity contribution in [3.05, 3.63) is 23.1 Å². The molecule has 1 saturated heterocycles. The molecule has 1 aliphatic rings. The smallest absolute Gasteiger partial charge is 0.383 e. The monoisotopic (exact) mass is 437 g/mol. The van der Waals surface area contributed by atoms with Crippen LogP contribution in [0, 0.1) is 13.8 Å². The fourth-order valence-corrected chi connectivity index (χ4v) is 3.61. The standard InChI is InChI=1S/C17H21F6N7/c1-9-13(17(21,22)23)14(24)28-15(26-9)27-12-7-25-30(10(12)2)11-3-5-29(6-4-11)8-16(18,19)20/h7,11H,3-6,8H2,1-2H3,(H3,24,26,27,28). The van der Waals surface area contributed by atoms with E-state index in [1.165, 1.54) is 18.0 Å². The topological polar surface area (TPSA) is 84.9 Å². The van der Waals surface area contributed by atoms with Crippen molar-refractivity contribution < 1.29 is 26.3 Å². The maximum atomic E-state index is 13.0. The molecule has 0 radical (unpaired) electrons. The first-order valence-corrected chi connectivity index (χ1v) is 9.16. The van der Waals surface area contributed by atoms with E-state index in [9.17, 15) is 26.3 Å². The molecule has 0 spiro atoms. The van der Waals surface area contributed by atoms with E-state index in [0.29, 0.717) is 37.3 Å². The lowest BCUT2D eigenvalue weighted by Crippen LogP contribution is -2.40. The van der Waals surface area contributed by atoms with Gasteiger partial charge in [-0.05, 0) is 26.7 Å². The summed E-state index contributed by atoms with van der Waals surface area (Å²) in [7, 11) is 0. The highest BCUT2D eigenvalue weighted by Gasteiger charge is 2.37. The average molecular weight is 437 g/mol. The second kappa shape index (κ2) is 7.93. The van der Waals surface area contributed by atoms with Gasteiger partial charge in [0.05, 0.1) is 35.9 Å². The number of hydrogen-bond acceptors (Lipinski definition) is 6. The lowest BCUT2D eigenvalue weighted by Gasteiger charge is -2.32. The van der Waals surface area contributed by atoms with Gasteiger partial charge in [-0.3, -0.25) is 9.58 Å². The first kappa shape index (κ1) is 22.1. The molecule has 1 fully saturated rings. The van der Waals surface area contributed by atoms with E-state index in [0.717, 1.165) is 0 Å². The van der Waals surface area contributed by atoms with Crippen LogP contribution in [0.3, 0.4) is 0 Å². The van der Waals surface area contributed by atoms with Crippen LogP contribution in [0.25, 0.3) is 0 Å². The first-order chi connectivity index (χ1) is 13.8. The fraction of sp³-hybridized carbons (Fsp3) is 0.588. The van der Waals surface area contributed by atoms with E-state index in [-0.39, 0.29) is 17.7 Å². The zero-order valence-electron chi connectivity index (χ0n) is 16.3. The zero-order chi connectivity index (χ0) is 22.3. The number of hydrogen-bond donors (Lipinski definition) is 2. The van der Waals surface area contributed by atoms with Crippen molar-refractivity contribution in [3.63, 3.8) is 0 Å². The highest BCUT2D eigenvalue weighted by atomic mass is 19.4. The van der Waals surface area contributed by atoms with Gasteiger partial charge < -0.3 is 11.1 Å². The molecule has 13 heteroatoms. The third-order valence-electron chi connectivity index (χ3n) is 5.00. The molecule has 30 heavy (non-hydrogen) atoms. The number of nitrogen functional groups attached to an aromatic ring is 1. The zero-order valence-corrected chi connectivity index (χ0v) is 16.3. The Hall–Kier alpha value is -2.57. The summed E-state index contributed by atoms with van der Waals surface area (Å²) in [6.07, 6.45) is -6.41. The Morgan fingerprint density at radius 2 is 1.73 bits per heavy atom. The summed E-state index contributed by atoms with van der Waals surface area (Å²) in [6.45, 7) is 2.60. The minimum atomic E-state index is -4.66. The summed E-state index contributed by atoms with van der Waals surface area (Å²) in [6, 6.07) is -0.0784. The summed E-state index contributed by atoms with van der Waals surface area (Å²) in [5.41, 5.74) is 5.23. The largest absolute Gasteiger partial charge is 0.421 e. The van der Waals surface area contributed by atoms with Gasteiger partial charge >= 0.3 is 12.4 Å². The van der Waals surface area contributed by atoms with Gasteiger partial charge in [0.1, 0.15) is 11.4 Å². The van der Waals surface area contributed by atoms with Gasteiger partial charge in [0.25, 0.3) is 0 Å². The maximum Gasteiger partial charge on any atom is 0.421 e. The molecular weight excluding hydrogens is 416 g/mol. The van der Waals surface area contributed by atoms with Gasteiger partial charge in [0, 0.05) is 13.1 Å². The van der Waals surface area contributed by atoms with Crippen LogP contribution in [-0.2, 0) is 6.18 Å². The number of nitrogens with two attached hydrogens (primary N) is 1. The Morgan fingerprint density at radius 1 is 1.10 bits per heavy atom. The van der Waals surface area contributed by atoms with E-state index >= 15 is 0 Å². The molecule has 3 heterocycles. The molecule has 3 rings (SSSR count). The van der Waals surface area contributed by atoms with Crippen LogP contribution in [0.2, 0.25) is 0 Å².